The molecule has 0 spiro atoms. The highest BCUT2D eigenvalue weighted by Gasteiger charge is 2.46. The summed E-state index contributed by atoms with van der Waals surface area (Å²) in [4.78, 5) is 40.0. The van der Waals surface area contributed by atoms with Gasteiger partial charge in [0.05, 0.1) is 6.54 Å². The highest BCUT2D eigenvalue weighted by atomic mass is 19.4. The van der Waals surface area contributed by atoms with Gasteiger partial charge in [-0.25, -0.2) is 0 Å². The summed E-state index contributed by atoms with van der Waals surface area (Å²) >= 11 is 0. The molecule has 3 rings (SSSR count). The van der Waals surface area contributed by atoms with Crippen LogP contribution in [0.3, 0.4) is 0 Å². The van der Waals surface area contributed by atoms with Crippen LogP contribution in [-0.2, 0) is 14.4 Å². The van der Waals surface area contributed by atoms with Gasteiger partial charge in [0, 0.05) is 31.9 Å². The maximum absolute atomic E-state index is 12.8. The number of piperidine rings is 1. The second-order valence-electron chi connectivity index (χ2n) is 7.95. The molecular formula is C20H22F6N4O4. The molecule has 2 aliphatic rings. The second-order valence-corrected chi connectivity index (χ2v) is 7.95. The number of hydrogen-bond acceptors (Lipinski definition) is 5. The van der Waals surface area contributed by atoms with Crippen molar-refractivity contribution in [3.63, 3.8) is 0 Å². The van der Waals surface area contributed by atoms with Gasteiger partial charge >= 0.3 is 12.5 Å². The normalized spacial score (nSPS) is 22.2. The summed E-state index contributed by atoms with van der Waals surface area (Å²) < 4.78 is 78.6. The Kier molecular flexibility index (Phi) is 7.58. The van der Waals surface area contributed by atoms with Crippen LogP contribution in [0.4, 0.5) is 32.0 Å². The summed E-state index contributed by atoms with van der Waals surface area (Å²) in [6.45, 7) is 0.957. The van der Waals surface area contributed by atoms with Crippen LogP contribution in [0.2, 0.25) is 0 Å². The van der Waals surface area contributed by atoms with E-state index in [0.29, 0.717) is 13.1 Å². The molecule has 2 saturated heterocycles. The molecule has 2 aliphatic heterocycles. The standard InChI is InChI=1S/C20H22F6N4O4/c21-19(22,23)15-6-5-14(17(32)28-15)18(33)30-9-7-29(8-10-30)11-16(31)27-12-1-3-13(4-2-12)34-20(24,25)26/h1-4,14-15H,5-11H2,(H,27,31)(H,28,32)/t14-,15-/m0/s1. The van der Waals surface area contributed by atoms with Gasteiger partial charge in [0.2, 0.25) is 17.7 Å². The first kappa shape index (κ1) is 25.6. The van der Waals surface area contributed by atoms with Crippen molar-refractivity contribution in [2.24, 2.45) is 5.92 Å². The van der Waals surface area contributed by atoms with E-state index in [9.17, 15) is 40.7 Å². The van der Waals surface area contributed by atoms with Crippen LogP contribution in [-0.4, -0.2) is 78.8 Å². The third-order valence-electron chi connectivity index (χ3n) is 5.49. The Morgan fingerprint density at radius 3 is 2.15 bits per heavy atom. The number of nitrogens with zero attached hydrogens (tertiary/aromatic N) is 2. The molecule has 0 radical (unpaired) electrons. The number of anilines is 1. The van der Waals surface area contributed by atoms with Gasteiger partial charge in [0.25, 0.3) is 0 Å². The molecule has 0 unspecified atom stereocenters. The van der Waals surface area contributed by atoms with Crippen LogP contribution < -0.4 is 15.4 Å². The molecule has 34 heavy (non-hydrogen) atoms. The third-order valence-corrected chi connectivity index (χ3v) is 5.49. The quantitative estimate of drug-likeness (QED) is 0.482. The van der Waals surface area contributed by atoms with E-state index in [0.717, 1.165) is 12.1 Å². The lowest BCUT2D eigenvalue weighted by atomic mass is 9.92. The Morgan fingerprint density at radius 2 is 1.62 bits per heavy atom. The molecule has 8 nitrogen and oxygen atoms in total. The number of carbonyl (C=O) groups is 3. The van der Waals surface area contributed by atoms with E-state index in [2.05, 4.69) is 10.1 Å². The highest BCUT2D eigenvalue weighted by Crippen LogP contribution is 2.29. The molecule has 188 valence electrons. The number of benzene rings is 1. The number of amides is 3. The molecule has 2 fully saturated rings. The van der Waals surface area contributed by atoms with Crippen LogP contribution in [0, 0.1) is 5.92 Å². The number of piperazine rings is 1. The van der Waals surface area contributed by atoms with Gasteiger partial charge in [-0.2, -0.15) is 13.2 Å². The van der Waals surface area contributed by atoms with E-state index >= 15 is 0 Å². The second kappa shape index (κ2) is 10.1. The van der Waals surface area contributed by atoms with Crippen molar-refractivity contribution in [3.8, 4) is 5.75 Å². The van der Waals surface area contributed by atoms with Crippen molar-refractivity contribution in [3.05, 3.63) is 24.3 Å². The first-order chi connectivity index (χ1) is 15.8. The molecule has 0 saturated carbocycles. The summed E-state index contributed by atoms with van der Waals surface area (Å²) in [6, 6.07) is 2.69. The maximum atomic E-state index is 12.8. The van der Waals surface area contributed by atoms with E-state index in [1.807, 2.05) is 5.32 Å². The molecule has 2 N–H and O–H groups in total. The van der Waals surface area contributed by atoms with Gasteiger partial charge < -0.3 is 20.3 Å². The largest absolute Gasteiger partial charge is 0.573 e. The predicted octanol–water partition coefficient (Wildman–Crippen LogP) is 2.12. The van der Waals surface area contributed by atoms with E-state index in [1.54, 1.807) is 4.90 Å². The molecule has 0 aromatic heterocycles. The van der Waals surface area contributed by atoms with Crippen LogP contribution >= 0.6 is 0 Å². The summed E-state index contributed by atoms with van der Waals surface area (Å²) in [5.41, 5.74) is 0.272. The number of nitrogens with one attached hydrogen (secondary N) is 2. The minimum Gasteiger partial charge on any atom is -0.406 e. The lowest BCUT2D eigenvalue weighted by Crippen LogP contribution is -2.57. The van der Waals surface area contributed by atoms with Crippen molar-refractivity contribution >= 4 is 23.4 Å². The van der Waals surface area contributed by atoms with Crippen LogP contribution in [0.15, 0.2) is 24.3 Å². The van der Waals surface area contributed by atoms with Gasteiger partial charge in [-0.1, -0.05) is 0 Å². The summed E-state index contributed by atoms with van der Waals surface area (Å²) in [7, 11) is 0. The van der Waals surface area contributed by atoms with E-state index in [1.165, 1.54) is 17.0 Å². The number of ether oxygens (including phenoxy) is 1. The summed E-state index contributed by atoms with van der Waals surface area (Å²) in [6.07, 6.45) is -9.94. The fourth-order valence-electron chi connectivity index (χ4n) is 3.78. The maximum Gasteiger partial charge on any atom is 0.573 e. The zero-order valence-corrected chi connectivity index (χ0v) is 17.7. The van der Waals surface area contributed by atoms with E-state index in [4.69, 9.17) is 0 Å². The molecule has 2 atom stereocenters. The average molecular weight is 496 g/mol. The van der Waals surface area contributed by atoms with Gasteiger partial charge in [-0.05, 0) is 37.1 Å². The van der Waals surface area contributed by atoms with Gasteiger partial charge in [-0.3, -0.25) is 19.3 Å². The topological polar surface area (TPSA) is 91.0 Å². The molecule has 1 aromatic carbocycles. The number of halogens is 6. The van der Waals surface area contributed by atoms with Crippen molar-refractivity contribution in [2.45, 2.75) is 31.4 Å². The van der Waals surface area contributed by atoms with Gasteiger partial charge in [-0.15, -0.1) is 13.2 Å². The Morgan fingerprint density at radius 1 is 1.00 bits per heavy atom. The molecular weight excluding hydrogens is 474 g/mol. The lowest BCUT2D eigenvalue weighted by molar-refractivity contribution is -0.274. The minimum absolute atomic E-state index is 0.0417. The molecule has 14 heteroatoms. The highest BCUT2D eigenvalue weighted by molar-refractivity contribution is 6.01. The molecule has 0 aliphatic carbocycles. The minimum atomic E-state index is -4.82. The zero-order chi connectivity index (χ0) is 25.1. The first-order valence-electron chi connectivity index (χ1n) is 10.4. The molecule has 3 amide bonds. The third kappa shape index (κ3) is 6.98. The average Bonchev–Trinajstić information content (AvgIpc) is 2.73. The van der Waals surface area contributed by atoms with E-state index < -0.39 is 48.0 Å². The lowest BCUT2D eigenvalue weighted by Gasteiger charge is -2.37. The first-order valence-corrected chi connectivity index (χ1v) is 10.4. The smallest absolute Gasteiger partial charge is 0.406 e. The Hall–Kier alpha value is -3.03. The van der Waals surface area contributed by atoms with Gasteiger partial charge in [0.15, 0.2) is 0 Å². The van der Waals surface area contributed by atoms with Crippen LogP contribution in [0.5, 0.6) is 5.75 Å². The number of hydrogen-bond donors (Lipinski definition) is 2. The number of alkyl halides is 6. The van der Waals surface area contributed by atoms with Crippen LogP contribution in [0.25, 0.3) is 0 Å². The summed E-state index contributed by atoms with van der Waals surface area (Å²) in [5.74, 6) is -3.49. The Bertz CT molecular complexity index is 898. The monoisotopic (exact) mass is 496 g/mol. The van der Waals surface area contributed by atoms with Crippen molar-refractivity contribution in [2.75, 3.05) is 38.0 Å². The fourth-order valence-corrected chi connectivity index (χ4v) is 3.78. The zero-order valence-electron chi connectivity index (χ0n) is 17.7. The summed E-state index contributed by atoms with van der Waals surface area (Å²) in [5, 5.41) is 4.40. The predicted molar refractivity (Wildman–Crippen MR) is 105 cm³/mol. The molecule has 2 heterocycles. The molecule has 0 bridgehead atoms. The van der Waals surface area contributed by atoms with Crippen molar-refractivity contribution < 1.29 is 45.5 Å². The number of carbonyl (C=O) groups excluding carboxylic acids is 3. The van der Waals surface area contributed by atoms with Gasteiger partial charge in [0.1, 0.15) is 17.7 Å². The van der Waals surface area contributed by atoms with E-state index in [-0.39, 0.29) is 38.2 Å². The SMILES string of the molecule is O=C(CN1CCN(C(=O)[C@H]2CC[C@@H](C(F)(F)F)NC2=O)CC1)Nc1ccc(OC(F)(F)F)cc1. The fraction of sp³-hybridized carbons (Fsp3) is 0.550. The Balaban J connectivity index is 1.43. The van der Waals surface area contributed by atoms with Crippen molar-refractivity contribution in [1.82, 2.24) is 15.1 Å². The van der Waals surface area contributed by atoms with Crippen LogP contribution in [0.1, 0.15) is 12.8 Å². The Labute approximate surface area is 190 Å². The van der Waals surface area contributed by atoms with Crippen molar-refractivity contribution in [1.29, 1.82) is 0 Å². The number of rotatable bonds is 5. The molecule has 1 aromatic rings.